The number of hydrogen-bond acceptors (Lipinski definition) is 5. The molecule has 7 heteroatoms. The highest BCUT2D eigenvalue weighted by atomic mass is 35.5. The van der Waals surface area contributed by atoms with E-state index >= 15 is 0 Å². The molecule has 1 aliphatic heterocycles. The second-order valence-electron chi connectivity index (χ2n) is 8.60. The molecule has 3 aromatic rings. The summed E-state index contributed by atoms with van der Waals surface area (Å²) in [5, 5.41) is 0.658. The first kappa shape index (κ1) is 18.8. The Kier molecular flexibility index (Phi) is 4.51. The number of rotatable bonds is 2. The number of aryl methyl sites for hydroxylation is 2. The van der Waals surface area contributed by atoms with E-state index in [0.717, 1.165) is 60.0 Å². The number of pyridine rings is 1. The van der Waals surface area contributed by atoms with Crippen LogP contribution in [0.4, 0.5) is 5.95 Å². The Labute approximate surface area is 176 Å². The topological polar surface area (TPSA) is 72.3 Å². The van der Waals surface area contributed by atoms with Gasteiger partial charge in [-0.2, -0.15) is 0 Å². The van der Waals surface area contributed by atoms with Crippen LogP contribution in [0.3, 0.4) is 0 Å². The van der Waals surface area contributed by atoms with E-state index in [4.69, 9.17) is 22.3 Å². The van der Waals surface area contributed by atoms with Gasteiger partial charge in [0, 0.05) is 48.8 Å². The summed E-state index contributed by atoms with van der Waals surface area (Å²) in [5.41, 5.74) is 11.3. The number of nitrogens with two attached hydrogens (primary N) is 1. The lowest BCUT2D eigenvalue weighted by Gasteiger charge is -2.42. The van der Waals surface area contributed by atoms with E-state index < -0.39 is 0 Å². The molecule has 1 saturated heterocycles. The maximum Gasteiger partial charge on any atom is 0.211 e. The Hall–Kier alpha value is -2.18. The third-order valence-corrected chi connectivity index (χ3v) is 7.54. The molecule has 152 valence electrons. The zero-order valence-corrected chi connectivity index (χ0v) is 17.8. The van der Waals surface area contributed by atoms with E-state index in [-0.39, 0.29) is 0 Å². The SMILES string of the molecule is Cc1nccc(-c2c(C)nc(N3CCC4(CCC[C@H]4N)CC3)n3ccnc23)c1Cl. The second kappa shape index (κ2) is 6.96. The van der Waals surface area contributed by atoms with Crippen LogP contribution in [0.5, 0.6) is 0 Å². The van der Waals surface area contributed by atoms with Crippen LogP contribution in [0.2, 0.25) is 5.02 Å². The predicted octanol–water partition coefficient (Wildman–Crippen LogP) is 4.16. The molecule has 1 aliphatic carbocycles. The summed E-state index contributed by atoms with van der Waals surface area (Å²) < 4.78 is 2.10. The molecule has 1 atom stereocenters. The third-order valence-electron chi connectivity index (χ3n) is 7.06. The van der Waals surface area contributed by atoms with E-state index in [1.807, 2.05) is 32.3 Å². The van der Waals surface area contributed by atoms with Gasteiger partial charge in [-0.15, -0.1) is 0 Å². The van der Waals surface area contributed by atoms with Crippen molar-refractivity contribution in [3.05, 3.63) is 41.1 Å². The van der Waals surface area contributed by atoms with Crippen LogP contribution in [-0.4, -0.2) is 38.5 Å². The van der Waals surface area contributed by atoms with Gasteiger partial charge in [0.2, 0.25) is 5.95 Å². The van der Waals surface area contributed by atoms with Gasteiger partial charge in [0.1, 0.15) is 5.65 Å². The molecule has 1 saturated carbocycles. The lowest BCUT2D eigenvalue weighted by Crippen LogP contribution is -2.47. The number of hydrogen-bond donors (Lipinski definition) is 1. The molecule has 6 nitrogen and oxygen atoms in total. The average molecular weight is 411 g/mol. The van der Waals surface area contributed by atoms with Crippen molar-refractivity contribution in [1.82, 2.24) is 19.4 Å². The van der Waals surface area contributed by atoms with Crippen LogP contribution < -0.4 is 10.6 Å². The maximum absolute atomic E-state index is 6.59. The molecule has 2 aliphatic rings. The first-order chi connectivity index (χ1) is 14.0. The first-order valence-electron chi connectivity index (χ1n) is 10.5. The van der Waals surface area contributed by atoms with E-state index in [0.29, 0.717) is 16.5 Å². The summed E-state index contributed by atoms with van der Waals surface area (Å²) >= 11 is 6.59. The highest BCUT2D eigenvalue weighted by Crippen LogP contribution is 2.46. The molecule has 1 spiro atoms. The van der Waals surface area contributed by atoms with Crippen LogP contribution in [0.25, 0.3) is 16.8 Å². The summed E-state index contributed by atoms with van der Waals surface area (Å²) in [6.07, 6.45) is 11.6. The fourth-order valence-corrected chi connectivity index (χ4v) is 5.50. The predicted molar refractivity (Wildman–Crippen MR) is 116 cm³/mol. The van der Waals surface area contributed by atoms with Gasteiger partial charge in [0.15, 0.2) is 0 Å². The molecule has 5 rings (SSSR count). The van der Waals surface area contributed by atoms with Gasteiger partial charge in [-0.1, -0.05) is 18.0 Å². The molecule has 0 aromatic carbocycles. The van der Waals surface area contributed by atoms with E-state index in [1.54, 1.807) is 6.20 Å². The number of halogens is 1. The van der Waals surface area contributed by atoms with Gasteiger partial charge >= 0.3 is 0 Å². The lowest BCUT2D eigenvalue weighted by molar-refractivity contribution is 0.197. The van der Waals surface area contributed by atoms with Crippen molar-refractivity contribution in [3.8, 4) is 11.1 Å². The quantitative estimate of drug-likeness (QED) is 0.686. The minimum atomic E-state index is 0.335. The highest BCUT2D eigenvalue weighted by molar-refractivity contribution is 6.34. The maximum atomic E-state index is 6.59. The Balaban J connectivity index is 1.54. The molecular weight excluding hydrogens is 384 g/mol. The average Bonchev–Trinajstić information content (AvgIpc) is 3.33. The van der Waals surface area contributed by atoms with Gasteiger partial charge in [0.05, 0.1) is 16.4 Å². The summed E-state index contributed by atoms with van der Waals surface area (Å²) in [6.45, 7) is 5.94. The van der Waals surface area contributed by atoms with Crippen LogP contribution in [0, 0.1) is 19.3 Å². The van der Waals surface area contributed by atoms with Crippen molar-refractivity contribution in [1.29, 1.82) is 0 Å². The van der Waals surface area contributed by atoms with Crippen LogP contribution in [0.1, 0.15) is 43.5 Å². The number of piperidine rings is 1. The molecule has 0 radical (unpaired) electrons. The van der Waals surface area contributed by atoms with E-state index in [1.165, 1.54) is 19.3 Å². The molecule has 0 amide bonds. The zero-order valence-electron chi connectivity index (χ0n) is 17.0. The second-order valence-corrected chi connectivity index (χ2v) is 8.98. The van der Waals surface area contributed by atoms with E-state index in [9.17, 15) is 0 Å². The number of imidazole rings is 1. The zero-order chi connectivity index (χ0) is 20.2. The highest BCUT2D eigenvalue weighted by Gasteiger charge is 2.43. The van der Waals surface area contributed by atoms with Crippen LogP contribution >= 0.6 is 11.6 Å². The molecule has 2 fully saturated rings. The summed E-state index contributed by atoms with van der Waals surface area (Å²) in [5.74, 6) is 0.960. The molecular formula is C22H27ClN6. The Morgan fingerprint density at radius 2 is 1.90 bits per heavy atom. The molecule has 2 N–H and O–H groups in total. The molecule has 0 bridgehead atoms. The van der Waals surface area contributed by atoms with Gasteiger partial charge in [-0.05, 0) is 51.0 Å². The van der Waals surface area contributed by atoms with Gasteiger partial charge in [-0.25, -0.2) is 9.97 Å². The van der Waals surface area contributed by atoms with Gasteiger partial charge in [-0.3, -0.25) is 9.38 Å². The minimum absolute atomic E-state index is 0.335. The summed E-state index contributed by atoms with van der Waals surface area (Å²) in [7, 11) is 0. The smallest absolute Gasteiger partial charge is 0.211 e. The Bertz CT molecular complexity index is 1070. The fraction of sp³-hybridized carbons (Fsp3) is 0.500. The van der Waals surface area contributed by atoms with Gasteiger partial charge in [0.25, 0.3) is 0 Å². The summed E-state index contributed by atoms with van der Waals surface area (Å²) in [4.78, 5) is 16.4. The monoisotopic (exact) mass is 410 g/mol. The molecule has 3 aromatic heterocycles. The molecule has 0 unspecified atom stereocenters. The standard InChI is InChI=1S/C22H27ClN6/c1-14-18(16-5-9-25-15(2)19(16)23)20-26-10-13-29(20)21(27-14)28-11-7-22(8-12-28)6-3-4-17(22)24/h5,9-10,13,17H,3-4,6-8,11-12,24H2,1-2H3/t17-/m1/s1. The Morgan fingerprint density at radius 1 is 1.10 bits per heavy atom. The Morgan fingerprint density at radius 3 is 2.62 bits per heavy atom. The number of aromatic nitrogens is 4. The fourth-order valence-electron chi connectivity index (χ4n) is 5.29. The largest absolute Gasteiger partial charge is 0.342 e. The van der Waals surface area contributed by atoms with Crippen molar-refractivity contribution >= 4 is 23.2 Å². The van der Waals surface area contributed by atoms with Crippen molar-refractivity contribution in [3.63, 3.8) is 0 Å². The summed E-state index contributed by atoms with van der Waals surface area (Å²) in [6, 6.07) is 2.30. The van der Waals surface area contributed by atoms with Crippen LogP contribution in [0.15, 0.2) is 24.7 Å². The number of nitrogens with zero attached hydrogens (tertiary/aromatic N) is 5. The van der Waals surface area contributed by atoms with Crippen molar-refractivity contribution in [2.45, 2.75) is 52.0 Å². The number of anilines is 1. The van der Waals surface area contributed by atoms with Crippen molar-refractivity contribution in [2.75, 3.05) is 18.0 Å². The lowest BCUT2D eigenvalue weighted by atomic mass is 9.74. The normalized spacial score (nSPS) is 21.4. The van der Waals surface area contributed by atoms with Crippen LogP contribution in [-0.2, 0) is 0 Å². The van der Waals surface area contributed by atoms with E-state index in [2.05, 4.69) is 19.3 Å². The van der Waals surface area contributed by atoms with Gasteiger partial charge < -0.3 is 10.6 Å². The van der Waals surface area contributed by atoms with Crippen molar-refractivity contribution < 1.29 is 0 Å². The number of fused-ring (bicyclic) bond motifs is 1. The van der Waals surface area contributed by atoms with Crippen molar-refractivity contribution in [2.24, 2.45) is 11.1 Å². The molecule has 4 heterocycles. The molecule has 29 heavy (non-hydrogen) atoms. The first-order valence-corrected chi connectivity index (χ1v) is 10.8. The minimum Gasteiger partial charge on any atom is -0.342 e. The third kappa shape index (κ3) is 2.92.